The van der Waals surface area contributed by atoms with E-state index in [9.17, 15) is 4.79 Å². The summed E-state index contributed by atoms with van der Waals surface area (Å²) in [5, 5.41) is 2.28. The first-order valence-electron chi connectivity index (χ1n) is 5.19. The van der Waals surface area contributed by atoms with Crippen LogP contribution in [0, 0.1) is 0 Å². The standard InChI is InChI=1S/C12H16ClNO/c1-2-14-12(15)11(13)9-8-10-6-4-3-5-7-10/h3-7,11H,2,8-9H2,1H3,(H,14,15). The number of hydrogen-bond donors (Lipinski definition) is 1. The van der Waals surface area contributed by atoms with Crippen molar-refractivity contribution in [3.05, 3.63) is 35.9 Å². The molecule has 0 fully saturated rings. The highest BCUT2D eigenvalue weighted by molar-refractivity contribution is 6.30. The lowest BCUT2D eigenvalue weighted by Crippen LogP contribution is -2.31. The maximum atomic E-state index is 11.3. The summed E-state index contributed by atoms with van der Waals surface area (Å²) in [5.41, 5.74) is 1.22. The number of amides is 1. The zero-order valence-electron chi connectivity index (χ0n) is 8.87. The van der Waals surface area contributed by atoms with E-state index in [1.807, 2.05) is 37.3 Å². The topological polar surface area (TPSA) is 29.1 Å². The van der Waals surface area contributed by atoms with E-state index in [1.165, 1.54) is 5.56 Å². The van der Waals surface area contributed by atoms with E-state index in [0.717, 1.165) is 6.42 Å². The van der Waals surface area contributed by atoms with Crippen LogP contribution in [0.3, 0.4) is 0 Å². The molecule has 1 unspecified atom stereocenters. The zero-order valence-corrected chi connectivity index (χ0v) is 9.63. The number of aryl methyl sites for hydroxylation is 1. The summed E-state index contributed by atoms with van der Waals surface area (Å²) in [6.07, 6.45) is 1.52. The molecule has 15 heavy (non-hydrogen) atoms. The summed E-state index contributed by atoms with van der Waals surface area (Å²) in [4.78, 5) is 11.3. The Balaban J connectivity index is 2.34. The molecule has 1 atom stereocenters. The van der Waals surface area contributed by atoms with Gasteiger partial charge in [0, 0.05) is 6.54 Å². The molecule has 0 radical (unpaired) electrons. The number of nitrogens with one attached hydrogen (secondary N) is 1. The third kappa shape index (κ3) is 4.34. The number of hydrogen-bond acceptors (Lipinski definition) is 1. The van der Waals surface area contributed by atoms with Gasteiger partial charge in [-0.1, -0.05) is 30.3 Å². The second-order valence-electron chi connectivity index (χ2n) is 3.39. The number of alkyl halides is 1. The molecule has 1 rings (SSSR count). The number of carbonyl (C=O) groups excluding carboxylic acids is 1. The van der Waals surface area contributed by atoms with Crippen LogP contribution in [-0.2, 0) is 11.2 Å². The van der Waals surface area contributed by atoms with Crippen LogP contribution >= 0.6 is 11.6 Å². The molecule has 0 bridgehead atoms. The van der Waals surface area contributed by atoms with Crippen molar-refractivity contribution in [3.8, 4) is 0 Å². The van der Waals surface area contributed by atoms with E-state index in [2.05, 4.69) is 5.32 Å². The minimum atomic E-state index is -0.426. The fourth-order valence-corrected chi connectivity index (χ4v) is 1.54. The van der Waals surface area contributed by atoms with Crippen LogP contribution in [0.15, 0.2) is 30.3 Å². The maximum Gasteiger partial charge on any atom is 0.238 e. The molecule has 0 aliphatic heterocycles. The van der Waals surface area contributed by atoms with Crippen molar-refractivity contribution in [2.24, 2.45) is 0 Å². The highest BCUT2D eigenvalue weighted by Gasteiger charge is 2.13. The summed E-state index contributed by atoms with van der Waals surface area (Å²) >= 11 is 5.95. The normalized spacial score (nSPS) is 12.1. The van der Waals surface area contributed by atoms with Crippen molar-refractivity contribution in [2.75, 3.05) is 6.54 Å². The lowest BCUT2D eigenvalue weighted by molar-refractivity contribution is -0.120. The fourth-order valence-electron chi connectivity index (χ4n) is 1.35. The Hall–Kier alpha value is -1.02. The van der Waals surface area contributed by atoms with Crippen LogP contribution in [0.2, 0.25) is 0 Å². The van der Waals surface area contributed by atoms with Gasteiger partial charge in [0.2, 0.25) is 5.91 Å². The van der Waals surface area contributed by atoms with E-state index >= 15 is 0 Å². The second kappa shape index (κ2) is 6.46. The van der Waals surface area contributed by atoms with Gasteiger partial charge >= 0.3 is 0 Å². The molecule has 1 amide bonds. The molecule has 3 heteroatoms. The summed E-state index contributed by atoms with van der Waals surface area (Å²) in [6.45, 7) is 2.52. The van der Waals surface area contributed by atoms with Crippen LogP contribution < -0.4 is 5.32 Å². The van der Waals surface area contributed by atoms with Crippen LogP contribution in [0.4, 0.5) is 0 Å². The summed E-state index contributed by atoms with van der Waals surface area (Å²) < 4.78 is 0. The molecule has 82 valence electrons. The van der Waals surface area contributed by atoms with Crippen LogP contribution in [0.5, 0.6) is 0 Å². The van der Waals surface area contributed by atoms with E-state index in [1.54, 1.807) is 0 Å². The SMILES string of the molecule is CCNC(=O)C(Cl)CCc1ccccc1. The molecular weight excluding hydrogens is 210 g/mol. The second-order valence-corrected chi connectivity index (χ2v) is 3.91. The highest BCUT2D eigenvalue weighted by atomic mass is 35.5. The molecule has 0 saturated carbocycles. The summed E-state index contributed by atoms with van der Waals surface area (Å²) in [5.74, 6) is -0.0740. The number of halogens is 1. The quantitative estimate of drug-likeness (QED) is 0.766. The van der Waals surface area contributed by atoms with Gasteiger partial charge in [-0.3, -0.25) is 4.79 Å². The van der Waals surface area contributed by atoms with Gasteiger partial charge in [0.15, 0.2) is 0 Å². The average molecular weight is 226 g/mol. The molecule has 1 aromatic carbocycles. The largest absolute Gasteiger partial charge is 0.355 e. The Bertz CT molecular complexity index is 300. The van der Waals surface area contributed by atoms with Crippen molar-refractivity contribution in [1.82, 2.24) is 5.32 Å². The van der Waals surface area contributed by atoms with E-state index in [-0.39, 0.29) is 5.91 Å². The first-order valence-corrected chi connectivity index (χ1v) is 5.63. The predicted molar refractivity (Wildman–Crippen MR) is 63.1 cm³/mol. The van der Waals surface area contributed by atoms with Gasteiger partial charge in [-0.05, 0) is 25.3 Å². The molecule has 1 N–H and O–H groups in total. The van der Waals surface area contributed by atoms with Gasteiger partial charge < -0.3 is 5.32 Å². The third-order valence-electron chi connectivity index (χ3n) is 2.16. The van der Waals surface area contributed by atoms with Crippen molar-refractivity contribution in [1.29, 1.82) is 0 Å². The summed E-state index contributed by atoms with van der Waals surface area (Å²) in [7, 11) is 0. The van der Waals surface area contributed by atoms with E-state index < -0.39 is 5.38 Å². The highest BCUT2D eigenvalue weighted by Crippen LogP contribution is 2.09. The molecule has 0 saturated heterocycles. The van der Waals surface area contributed by atoms with Gasteiger partial charge in [-0.2, -0.15) is 0 Å². The predicted octanol–water partition coefficient (Wildman–Crippen LogP) is 2.36. The first-order chi connectivity index (χ1) is 7.24. The van der Waals surface area contributed by atoms with Gasteiger partial charge in [0.25, 0.3) is 0 Å². The molecule has 1 aromatic rings. The number of rotatable bonds is 5. The Kier molecular flexibility index (Phi) is 5.19. The molecule has 0 aliphatic carbocycles. The molecule has 0 aromatic heterocycles. The molecule has 0 spiro atoms. The maximum absolute atomic E-state index is 11.3. The Morgan fingerprint density at radius 2 is 2.07 bits per heavy atom. The monoisotopic (exact) mass is 225 g/mol. The van der Waals surface area contributed by atoms with E-state index in [0.29, 0.717) is 13.0 Å². The lowest BCUT2D eigenvalue weighted by Gasteiger charge is -2.08. The van der Waals surface area contributed by atoms with Gasteiger partial charge in [0.05, 0.1) is 0 Å². The van der Waals surface area contributed by atoms with Crippen molar-refractivity contribution >= 4 is 17.5 Å². The Labute approximate surface area is 95.6 Å². The van der Waals surface area contributed by atoms with Crippen LogP contribution in [-0.4, -0.2) is 17.8 Å². The lowest BCUT2D eigenvalue weighted by atomic mass is 10.1. The number of benzene rings is 1. The number of carbonyl (C=O) groups is 1. The van der Waals surface area contributed by atoms with Crippen LogP contribution in [0.25, 0.3) is 0 Å². The third-order valence-corrected chi connectivity index (χ3v) is 2.58. The van der Waals surface area contributed by atoms with Crippen LogP contribution in [0.1, 0.15) is 18.9 Å². The van der Waals surface area contributed by atoms with Crippen molar-refractivity contribution < 1.29 is 4.79 Å². The summed E-state index contributed by atoms with van der Waals surface area (Å²) in [6, 6.07) is 10.0. The molecule has 0 heterocycles. The zero-order chi connectivity index (χ0) is 11.1. The van der Waals surface area contributed by atoms with Gasteiger partial charge in [0.1, 0.15) is 5.38 Å². The molecule has 0 aliphatic rings. The van der Waals surface area contributed by atoms with E-state index in [4.69, 9.17) is 11.6 Å². The molecule has 2 nitrogen and oxygen atoms in total. The minimum Gasteiger partial charge on any atom is -0.355 e. The van der Waals surface area contributed by atoms with Crippen molar-refractivity contribution in [2.45, 2.75) is 25.1 Å². The smallest absolute Gasteiger partial charge is 0.238 e. The Morgan fingerprint density at radius 1 is 1.40 bits per heavy atom. The molecular formula is C12H16ClNO. The minimum absolute atomic E-state index is 0.0740. The van der Waals surface area contributed by atoms with Crippen molar-refractivity contribution in [3.63, 3.8) is 0 Å². The average Bonchev–Trinajstić information content (AvgIpc) is 2.27. The Morgan fingerprint density at radius 3 is 2.67 bits per heavy atom. The first kappa shape index (κ1) is 12.1. The van der Waals surface area contributed by atoms with Gasteiger partial charge in [-0.25, -0.2) is 0 Å². The van der Waals surface area contributed by atoms with Gasteiger partial charge in [-0.15, -0.1) is 11.6 Å². The fraction of sp³-hybridized carbons (Fsp3) is 0.417.